The molecule has 1 aliphatic heterocycles. The van der Waals surface area contributed by atoms with E-state index in [4.69, 9.17) is 20.8 Å². The zero-order valence-corrected chi connectivity index (χ0v) is 18.5. The van der Waals surface area contributed by atoms with Crippen molar-refractivity contribution in [1.82, 2.24) is 14.9 Å². The van der Waals surface area contributed by atoms with Crippen molar-refractivity contribution in [3.8, 4) is 0 Å². The molecule has 1 aromatic carbocycles. The highest BCUT2D eigenvalue weighted by molar-refractivity contribution is 6.30. The van der Waals surface area contributed by atoms with E-state index >= 15 is 0 Å². The van der Waals surface area contributed by atoms with Gasteiger partial charge in [0.2, 0.25) is 5.71 Å². The van der Waals surface area contributed by atoms with Gasteiger partial charge in [-0.2, -0.15) is 0 Å². The molecule has 4 rings (SSSR count). The summed E-state index contributed by atoms with van der Waals surface area (Å²) in [5, 5.41) is 4.68. The number of aromatic nitrogens is 2. The number of benzene rings is 1. The summed E-state index contributed by atoms with van der Waals surface area (Å²) in [7, 11) is 0. The number of ether oxygens (including phenoxy) is 1. The number of furan rings is 1. The number of carbonyl (C=O) groups is 1. The molecule has 3 aromatic rings. The number of hydrogen-bond acceptors (Lipinski definition) is 8. The smallest absolute Gasteiger partial charge is 0.342 e. The Kier molecular flexibility index (Phi) is 6.58. The second-order valence-electron chi connectivity index (χ2n) is 7.39. The van der Waals surface area contributed by atoms with E-state index in [0.717, 1.165) is 43.4 Å². The highest BCUT2D eigenvalue weighted by atomic mass is 35.5. The lowest BCUT2D eigenvalue weighted by molar-refractivity contribution is 0.0526. The van der Waals surface area contributed by atoms with Crippen LogP contribution in [0.5, 0.6) is 0 Å². The normalized spacial score (nSPS) is 14.7. The molecule has 0 amide bonds. The molecule has 0 spiro atoms. The zero-order valence-electron chi connectivity index (χ0n) is 17.7. The molecule has 9 heteroatoms. The average molecular weight is 444 g/mol. The Morgan fingerprint density at radius 3 is 2.81 bits per heavy atom. The van der Waals surface area contributed by atoms with Gasteiger partial charge in [0.15, 0.2) is 0 Å². The summed E-state index contributed by atoms with van der Waals surface area (Å²) in [4.78, 5) is 25.6. The van der Waals surface area contributed by atoms with Gasteiger partial charge < -0.3 is 19.4 Å². The maximum atomic E-state index is 12.4. The number of nitrogens with zero attached hydrogens (tertiary/aromatic N) is 4. The minimum atomic E-state index is -0.422. The Bertz CT molecular complexity index is 1060. The molecule has 0 saturated carbocycles. The van der Waals surface area contributed by atoms with Crippen molar-refractivity contribution in [2.75, 3.05) is 56.1 Å². The van der Waals surface area contributed by atoms with Crippen LogP contribution in [0.2, 0.25) is 5.02 Å². The average Bonchev–Trinajstić information content (AvgIpc) is 3.11. The van der Waals surface area contributed by atoms with Crippen molar-refractivity contribution < 1.29 is 13.9 Å². The highest BCUT2D eigenvalue weighted by Crippen LogP contribution is 2.29. The molecule has 1 N–H and O–H groups in total. The fraction of sp³-hybridized carbons (Fsp3) is 0.409. The number of anilines is 2. The minimum absolute atomic E-state index is 0.294. The van der Waals surface area contributed by atoms with E-state index < -0.39 is 5.97 Å². The number of rotatable bonds is 7. The first kappa shape index (κ1) is 21.4. The van der Waals surface area contributed by atoms with Crippen molar-refractivity contribution in [2.24, 2.45) is 0 Å². The summed E-state index contributed by atoms with van der Waals surface area (Å²) in [6.07, 6.45) is 1.44. The highest BCUT2D eigenvalue weighted by Gasteiger charge is 2.24. The third kappa shape index (κ3) is 4.75. The van der Waals surface area contributed by atoms with Crippen LogP contribution in [-0.2, 0) is 4.74 Å². The predicted octanol–water partition coefficient (Wildman–Crippen LogP) is 3.60. The molecule has 0 bridgehead atoms. The summed E-state index contributed by atoms with van der Waals surface area (Å²) in [6, 6.07) is 7.98. The monoisotopic (exact) mass is 443 g/mol. The lowest BCUT2D eigenvalue weighted by Gasteiger charge is -2.36. The lowest BCUT2D eigenvalue weighted by atomic mass is 10.2. The molecule has 0 atom stereocenters. The first-order valence-corrected chi connectivity index (χ1v) is 10.8. The molecule has 31 heavy (non-hydrogen) atoms. The quantitative estimate of drug-likeness (QED) is 0.554. The number of fused-ring (bicyclic) bond motifs is 1. The predicted molar refractivity (Wildman–Crippen MR) is 121 cm³/mol. The van der Waals surface area contributed by atoms with Crippen molar-refractivity contribution in [2.45, 2.75) is 13.8 Å². The Hall–Kier alpha value is -2.84. The van der Waals surface area contributed by atoms with Gasteiger partial charge >= 0.3 is 5.97 Å². The molecule has 0 unspecified atom stereocenters. The van der Waals surface area contributed by atoms with Gasteiger partial charge in [-0.05, 0) is 32.0 Å². The van der Waals surface area contributed by atoms with Gasteiger partial charge in [0, 0.05) is 50.0 Å². The minimum Gasteiger partial charge on any atom is -0.462 e. The number of carbonyl (C=O) groups excluding carboxylic acids is 1. The van der Waals surface area contributed by atoms with E-state index in [-0.39, 0.29) is 0 Å². The molecular formula is C22H26ClN5O3. The molecular weight excluding hydrogens is 418 g/mol. The maximum Gasteiger partial charge on any atom is 0.342 e. The SMILES string of the molecule is CCOC(=O)c1c(C)oc2ncnc(NCCN3CCN(c4cccc(Cl)c4)CC3)c12. The Morgan fingerprint density at radius 1 is 1.26 bits per heavy atom. The van der Waals surface area contributed by atoms with Crippen LogP contribution < -0.4 is 10.2 Å². The molecule has 1 saturated heterocycles. The van der Waals surface area contributed by atoms with Gasteiger partial charge in [-0.15, -0.1) is 0 Å². The standard InChI is InChI=1S/C22H26ClN5O3/c1-3-30-22(29)18-15(2)31-21-19(18)20(25-14-26-21)24-7-8-27-9-11-28(12-10-27)17-6-4-5-16(23)13-17/h4-6,13-14H,3,7-12H2,1-2H3,(H,24,25,26). The lowest BCUT2D eigenvalue weighted by Crippen LogP contribution is -2.47. The molecule has 2 aromatic heterocycles. The van der Waals surface area contributed by atoms with Gasteiger partial charge in [0.1, 0.15) is 23.5 Å². The first-order chi connectivity index (χ1) is 15.1. The van der Waals surface area contributed by atoms with E-state index in [0.29, 0.717) is 41.4 Å². The van der Waals surface area contributed by atoms with Crippen LogP contribution in [0.25, 0.3) is 11.1 Å². The van der Waals surface area contributed by atoms with Gasteiger partial charge in [0.25, 0.3) is 0 Å². The van der Waals surface area contributed by atoms with Gasteiger partial charge in [-0.3, -0.25) is 4.90 Å². The molecule has 0 radical (unpaired) electrons. The molecule has 0 aliphatic carbocycles. The molecule has 8 nitrogen and oxygen atoms in total. The van der Waals surface area contributed by atoms with Crippen LogP contribution in [0.15, 0.2) is 35.0 Å². The summed E-state index contributed by atoms with van der Waals surface area (Å²) in [5.74, 6) is 0.644. The second-order valence-corrected chi connectivity index (χ2v) is 7.83. The summed E-state index contributed by atoms with van der Waals surface area (Å²) >= 11 is 6.12. The number of aryl methyl sites for hydroxylation is 1. The van der Waals surface area contributed by atoms with Crippen LogP contribution >= 0.6 is 11.6 Å². The fourth-order valence-corrected chi connectivity index (χ4v) is 4.05. The van der Waals surface area contributed by atoms with Crippen LogP contribution in [0.3, 0.4) is 0 Å². The number of halogens is 1. The second kappa shape index (κ2) is 9.53. The zero-order chi connectivity index (χ0) is 21.8. The van der Waals surface area contributed by atoms with E-state index in [9.17, 15) is 4.79 Å². The summed E-state index contributed by atoms with van der Waals surface area (Å²) in [5.41, 5.74) is 1.93. The molecule has 164 valence electrons. The Balaban J connectivity index is 1.37. The number of piperazine rings is 1. The third-order valence-electron chi connectivity index (χ3n) is 5.41. The van der Waals surface area contributed by atoms with Crippen LogP contribution in [0.4, 0.5) is 11.5 Å². The maximum absolute atomic E-state index is 12.4. The van der Waals surface area contributed by atoms with Crippen LogP contribution in [0, 0.1) is 6.92 Å². The van der Waals surface area contributed by atoms with Crippen molar-refractivity contribution in [3.05, 3.63) is 46.9 Å². The Labute approximate surface area is 186 Å². The van der Waals surface area contributed by atoms with E-state index in [1.54, 1.807) is 13.8 Å². The van der Waals surface area contributed by atoms with Gasteiger partial charge in [-0.1, -0.05) is 17.7 Å². The topological polar surface area (TPSA) is 83.7 Å². The largest absolute Gasteiger partial charge is 0.462 e. The molecule has 1 aliphatic rings. The van der Waals surface area contributed by atoms with Crippen molar-refractivity contribution in [3.63, 3.8) is 0 Å². The number of nitrogens with one attached hydrogen (secondary N) is 1. The van der Waals surface area contributed by atoms with E-state index in [1.807, 2.05) is 18.2 Å². The summed E-state index contributed by atoms with van der Waals surface area (Å²) < 4.78 is 10.8. The fourth-order valence-electron chi connectivity index (χ4n) is 3.86. The summed E-state index contributed by atoms with van der Waals surface area (Å²) in [6.45, 7) is 9.18. The number of hydrogen-bond donors (Lipinski definition) is 1. The van der Waals surface area contributed by atoms with Gasteiger partial charge in [-0.25, -0.2) is 14.8 Å². The van der Waals surface area contributed by atoms with Crippen LogP contribution in [0.1, 0.15) is 23.0 Å². The van der Waals surface area contributed by atoms with Crippen molar-refractivity contribution >= 4 is 40.2 Å². The van der Waals surface area contributed by atoms with Gasteiger partial charge in [0.05, 0.1) is 12.0 Å². The molecule has 3 heterocycles. The van der Waals surface area contributed by atoms with Crippen molar-refractivity contribution in [1.29, 1.82) is 0 Å². The molecule has 1 fully saturated rings. The number of esters is 1. The third-order valence-corrected chi connectivity index (χ3v) is 5.65. The first-order valence-electron chi connectivity index (χ1n) is 10.4. The van der Waals surface area contributed by atoms with Crippen LogP contribution in [-0.4, -0.2) is 66.7 Å². The van der Waals surface area contributed by atoms with E-state index in [2.05, 4.69) is 31.2 Å². The Morgan fingerprint density at radius 2 is 2.06 bits per heavy atom. The van der Waals surface area contributed by atoms with E-state index in [1.165, 1.54) is 6.33 Å².